The Kier molecular flexibility index (Phi) is 4.18. The topological polar surface area (TPSA) is 93.8 Å². The number of ether oxygens (including phenoxy) is 2. The van der Waals surface area contributed by atoms with Crippen LogP contribution in [0.3, 0.4) is 0 Å². The summed E-state index contributed by atoms with van der Waals surface area (Å²) in [6, 6.07) is 9.35. The molecule has 21 heavy (non-hydrogen) atoms. The molecule has 0 aliphatic carbocycles. The summed E-state index contributed by atoms with van der Waals surface area (Å²) in [7, 11) is 3.04. The zero-order chi connectivity index (χ0) is 15.4. The van der Waals surface area contributed by atoms with Gasteiger partial charge in [-0.1, -0.05) is 0 Å². The molecule has 2 aromatic carbocycles. The molecule has 0 heterocycles. The SMILES string of the molecule is COc1ccc(OC)c(NC(=O)c2ccc(N)c(O)c2)c1. The Morgan fingerprint density at radius 3 is 2.52 bits per heavy atom. The smallest absolute Gasteiger partial charge is 0.255 e. The van der Waals surface area contributed by atoms with Gasteiger partial charge in [0.1, 0.15) is 17.2 Å². The van der Waals surface area contributed by atoms with Gasteiger partial charge in [0.05, 0.1) is 25.6 Å². The van der Waals surface area contributed by atoms with Crippen molar-refractivity contribution in [2.24, 2.45) is 0 Å². The largest absolute Gasteiger partial charge is 0.506 e. The van der Waals surface area contributed by atoms with Crippen LogP contribution in [0.2, 0.25) is 0 Å². The minimum absolute atomic E-state index is 0.139. The third kappa shape index (κ3) is 3.17. The number of carbonyl (C=O) groups excluding carboxylic acids is 1. The molecule has 110 valence electrons. The molecule has 0 aliphatic heterocycles. The number of nitrogens with one attached hydrogen (secondary N) is 1. The van der Waals surface area contributed by atoms with Gasteiger partial charge in [-0.15, -0.1) is 0 Å². The van der Waals surface area contributed by atoms with E-state index < -0.39 is 5.91 Å². The molecule has 2 aromatic rings. The zero-order valence-corrected chi connectivity index (χ0v) is 11.7. The number of benzene rings is 2. The summed E-state index contributed by atoms with van der Waals surface area (Å²) in [6.07, 6.45) is 0. The van der Waals surface area contributed by atoms with E-state index in [4.69, 9.17) is 15.2 Å². The Bertz CT molecular complexity index is 671. The number of phenols is 1. The number of hydrogen-bond donors (Lipinski definition) is 3. The van der Waals surface area contributed by atoms with E-state index >= 15 is 0 Å². The molecule has 0 saturated heterocycles. The molecular weight excluding hydrogens is 272 g/mol. The number of phenolic OH excluding ortho intramolecular Hbond substituents is 1. The zero-order valence-electron chi connectivity index (χ0n) is 11.7. The van der Waals surface area contributed by atoms with Gasteiger partial charge in [-0.25, -0.2) is 0 Å². The van der Waals surface area contributed by atoms with E-state index in [0.717, 1.165) is 0 Å². The molecular formula is C15H16N2O4. The van der Waals surface area contributed by atoms with Crippen LogP contribution in [0.15, 0.2) is 36.4 Å². The lowest BCUT2D eigenvalue weighted by Crippen LogP contribution is -2.12. The highest BCUT2D eigenvalue weighted by Gasteiger charge is 2.12. The lowest BCUT2D eigenvalue weighted by Gasteiger charge is -2.12. The summed E-state index contributed by atoms with van der Waals surface area (Å²) >= 11 is 0. The maximum atomic E-state index is 12.2. The predicted molar refractivity (Wildman–Crippen MR) is 80.0 cm³/mol. The first-order valence-electron chi connectivity index (χ1n) is 6.17. The molecule has 0 aromatic heterocycles. The molecule has 0 saturated carbocycles. The maximum absolute atomic E-state index is 12.2. The Morgan fingerprint density at radius 1 is 1.14 bits per heavy atom. The number of amides is 1. The average Bonchev–Trinajstić information content (AvgIpc) is 2.49. The van der Waals surface area contributed by atoms with Crippen LogP contribution in [0, 0.1) is 0 Å². The summed E-state index contributed by atoms with van der Waals surface area (Å²) in [5.41, 5.74) is 6.47. The molecule has 0 fully saturated rings. The maximum Gasteiger partial charge on any atom is 0.255 e. The monoisotopic (exact) mass is 288 g/mol. The highest BCUT2D eigenvalue weighted by molar-refractivity contribution is 6.05. The van der Waals surface area contributed by atoms with Crippen LogP contribution < -0.4 is 20.5 Å². The van der Waals surface area contributed by atoms with E-state index in [9.17, 15) is 9.90 Å². The van der Waals surface area contributed by atoms with Gasteiger partial charge in [0, 0.05) is 11.6 Å². The number of aromatic hydroxyl groups is 1. The molecule has 6 heteroatoms. The van der Waals surface area contributed by atoms with E-state index in [0.29, 0.717) is 17.2 Å². The van der Waals surface area contributed by atoms with Crippen molar-refractivity contribution < 1.29 is 19.4 Å². The first-order valence-corrected chi connectivity index (χ1v) is 6.17. The van der Waals surface area contributed by atoms with E-state index in [1.54, 1.807) is 18.2 Å². The number of carbonyl (C=O) groups is 1. The summed E-state index contributed by atoms with van der Waals surface area (Å²) in [4.78, 5) is 12.2. The van der Waals surface area contributed by atoms with Gasteiger partial charge < -0.3 is 25.6 Å². The highest BCUT2D eigenvalue weighted by Crippen LogP contribution is 2.29. The van der Waals surface area contributed by atoms with Gasteiger partial charge in [0.2, 0.25) is 0 Å². The van der Waals surface area contributed by atoms with E-state index in [-0.39, 0.29) is 17.0 Å². The van der Waals surface area contributed by atoms with Gasteiger partial charge in [-0.05, 0) is 30.3 Å². The quantitative estimate of drug-likeness (QED) is 0.592. The first-order chi connectivity index (χ1) is 10.0. The van der Waals surface area contributed by atoms with Crippen molar-refractivity contribution in [2.45, 2.75) is 0 Å². The van der Waals surface area contributed by atoms with Crippen molar-refractivity contribution in [3.63, 3.8) is 0 Å². The second-order valence-electron chi connectivity index (χ2n) is 4.29. The van der Waals surface area contributed by atoms with E-state index in [1.807, 2.05) is 0 Å². The van der Waals surface area contributed by atoms with Crippen LogP contribution in [-0.4, -0.2) is 25.2 Å². The minimum atomic E-state index is -0.392. The second-order valence-corrected chi connectivity index (χ2v) is 4.29. The number of nitrogen functional groups attached to an aromatic ring is 1. The molecule has 6 nitrogen and oxygen atoms in total. The number of nitrogens with two attached hydrogens (primary N) is 1. The summed E-state index contributed by atoms with van der Waals surface area (Å²) in [6.45, 7) is 0. The van der Waals surface area contributed by atoms with Gasteiger partial charge in [-0.2, -0.15) is 0 Å². The number of anilines is 2. The van der Waals surface area contributed by atoms with Crippen LogP contribution >= 0.6 is 0 Å². The third-order valence-electron chi connectivity index (χ3n) is 2.95. The first kappa shape index (κ1) is 14.5. The fourth-order valence-electron chi connectivity index (χ4n) is 1.79. The molecule has 0 aliphatic rings. The van der Waals surface area contributed by atoms with Crippen LogP contribution in [0.25, 0.3) is 0 Å². The Labute approximate surface area is 122 Å². The molecule has 2 rings (SSSR count). The van der Waals surface area contributed by atoms with Gasteiger partial charge >= 0.3 is 0 Å². The van der Waals surface area contributed by atoms with Crippen molar-refractivity contribution >= 4 is 17.3 Å². The van der Waals surface area contributed by atoms with Gasteiger partial charge in [0.15, 0.2) is 0 Å². The third-order valence-corrected chi connectivity index (χ3v) is 2.95. The standard InChI is InChI=1S/C15H16N2O4/c1-20-10-4-6-14(21-2)12(8-10)17-15(19)9-3-5-11(16)13(18)7-9/h3-8,18H,16H2,1-2H3,(H,17,19). The van der Waals surface area contributed by atoms with Gasteiger partial charge in [0.25, 0.3) is 5.91 Å². The fraction of sp³-hybridized carbons (Fsp3) is 0.133. The predicted octanol–water partition coefficient (Wildman–Crippen LogP) is 2.24. The van der Waals surface area contributed by atoms with Crippen molar-refractivity contribution in [3.05, 3.63) is 42.0 Å². The molecule has 1 amide bonds. The normalized spacial score (nSPS) is 10.0. The molecule has 4 N–H and O–H groups in total. The molecule has 0 unspecified atom stereocenters. The molecule has 0 bridgehead atoms. The van der Waals surface area contributed by atoms with Crippen molar-refractivity contribution in [2.75, 3.05) is 25.3 Å². The van der Waals surface area contributed by atoms with Crippen LogP contribution in [-0.2, 0) is 0 Å². The summed E-state index contributed by atoms with van der Waals surface area (Å²) in [5.74, 6) is 0.562. The van der Waals surface area contributed by atoms with Crippen LogP contribution in [0.4, 0.5) is 11.4 Å². The minimum Gasteiger partial charge on any atom is -0.506 e. The molecule has 0 spiro atoms. The number of hydrogen-bond acceptors (Lipinski definition) is 5. The van der Waals surface area contributed by atoms with Crippen molar-refractivity contribution in [3.8, 4) is 17.2 Å². The molecule has 0 radical (unpaired) electrons. The number of rotatable bonds is 4. The average molecular weight is 288 g/mol. The Hall–Kier alpha value is -2.89. The summed E-state index contributed by atoms with van der Waals surface area (Å²) in [5, 5.41) is 12.3. The Morgan fingerprint density at radius 2 is 1.90 bits per heavy atom. The van der Waals surface area contributed by atoms with E-state index in [2.05, 4.69) is 5.32 Å². The fourth-order valence-corrected chi connectivity index (χ4v) is 1.79. The van der Waals surface area contributed by atoms with E-state index in [1.165, 1.54) is 32.4 Å². The van der Waals surface area contributed by atoms with Crippen molar-refractivity contribution in [1.29, 1.82) is 0 Å². The van der Waals surface area contributed by atoms with Crippen LogP contribution in [0.1, 0.15) is 10.4 Å². The lowest BCUT2D eigenvalue weighted by atomic mass is 10.1. The van der Waals surface area contributed by atoms with Gasteiger partial charge in [-0.3, -0.25) is 4.79 Å². The van der Waals surface area contributed by atoms with Crippen LogP contribution in [0.5, 0.6) is 17.2 Å². The second kappa shape index (κ2) is 6.04. The van der Waals surface area contributed by atoms with Crippen molar-refractivity contribution in [1.82, 2.24) is 0 Å². The summed E-state index contributed by atoms with van der Waals surface area (Å²) < 4.78 is 10.3. The molecule has 0 atom stereocenters. The Balaban J connectivity index is 2.28. The highest BCUT2D eigenvalue weighted by atomic mass is 16.5. The number of methoxy groups -OCH3 is 2. The lowest BCUT2D eigenvalue weighted by molar-refractivity contribution is 0.102.